The summed E-state index contributed by atoms with van der Waals surface area (Å²) in [4.78, 5) is 13.5. The number of carbonyl (C=O) groups excluding carboxylic acids is 1. The first-order chi connectivity index (χ1) is 6.27. The molecule has 1 fully saturated rings. The number of nitrogens with zero attached hydrogens (tertiary/aromatic N) is 1. The SMILES string of the molecule is NC(=O)C1=CCC2=C1C1CCN2C1. The fraction of sp³-hybridized carbons (Fsp3) is 0.500. The third-order valence-electron chi connectivity index (χ3n) is 3.34. The molecule has 0 spiro atoms. The molecule has 68 valence electrons. The normalized spacial score (nSPS) is 29.7. The third kappa shape index (κ3) is 0.767. The van der Waals surface area contributed by atoms with Crippen molar-refractivity contribution in [3.8, 4) is 0 Å². The molecule has 3 heteroatoms. The van der Waals surface area contributed by atoms with Crippen LogP contribution in [0.5, 0.6) is 0 Å². The Hall–Kier alpha value is -1.25. The van der Waals surface area contributed by atoms with Gasteiger partial charge in [-0.25, -0.2) is 0 Å². The first-order valence-electron chi connectivity index (χ1n) is 4.75. The molecule has 1 unspecified atom stereocenters. The van der Waals surface area contributed by atoms with Gasteiger partial charge in [0.2, 0.25) is 5.91 Å². The Bertz CT molecular complexity index is 354. The van der Waals surface area contributed by atoms with Crippen LogP contribution in [0.3, 0.4) is 0 Å². The fourth-order valence-corrected chi connectivity index (χ4v) is 2.80. The molecular formula is C10H12N2O. The molecule has 1 atom stereocenters. The number of amides is 1. The van der Waals surface area contributed by atoms with Gasteiger partial charge in [0, 0.05) is 36.7 Å². The molecule has 3 aliphatic rings. The number of primary amides is 1. The lowest BCUT2D eigenvalue weighted by Crippen LogP contribution is -2.18. The maximum atomic E-state index is 11.1. The monoisotopic (exact) mass is 176 g/mol. The Morgan fingerprint density at radius 2 is 2.46 bits per heavy atom. The molecular weight excluding hydrogens is 164 g/mol. The number of hydrogen-bond acceptors (Lipinski definition) is 2. The lowest BCUT2D eigenvalue weighted by Gasteiger charge is -2.18. The number of nitrogens with two attached hydrogens (primary N) is 1. The van der Waals surface area contributed by atoms with E-state index in [-0.39, 0.29) is 5.91 Å². The Labute approximate surface area is 76.9 Å². The van der Waals surface area contributed by atoms with Crippen LogP contribution in [-0.2, 0) is 4.79 Å². The zero-order chi connectivity index (χ0) is 9.00. The van der Waals surface area contributed by atoms with E-state index in [4.69, 9.17) is 5.73 Å². The molecule has 2 aliphatic heterocycles. The highest BCUT2D eigenvalue weighted by molar-refractivity contribution is 5.98. The number of rotatable bonds is 1. The zero-order valence-electron chi connectivity index (χ0n) is 7.42. The van der Waals surface area contributed by atoms with Gasteiger partial charge < -0.3 is 10.6 Å². The molecule has 0 aromatic heterocycles. The van der Waals surface area contributed by atoms with Gasteiger partial charge in [-0.2, -0.15) is 0 Å². The molecule has 1 saturated heterocycles. The summed E-state index contributed by atoms with van der Waals surface area (Å²) in [6.07, 6.45) is 4.10. The predicted molar refractivity (Wildman–Crippen MR) is 48.6 cm³/mol. The molecule has 1 aliphatic carbocycles. The first-order valence-corrected chi connectivity index (χ1v) is 4.75. The van der Waals surface area contributed by atoms with Crippen LogP contribution in [0.25, 0.3) is 0 Å². The Morgan fingerprint density at radius 3 is 3.23 bits per heavy atom. The number of fused-ring (bicyclic) bond motifs is 4. The van der Waals surface area contributed by atoms with Crippen molar-refractivity contribution < 1.29 is 4.79 Å². The Morgan fingerprint density at radius 1 is 1.62 bits per heavy atom. The highest BCUT2D eigenvalue weighted by Gasteiger charge is 2.41. The summed E-state index contributed by atoms with van der Waals surface area (Å²) in [5.41, 5.74) is 8.75. The second-order valence-electron chi connectivity index (χ2n) is 3.98. The standard InChI is InChI=1S/C10H12N2O/c11-10(13)7-1-2-8-9(7)6-3-4-12(8)5-6/h1,6H,2-5H2,(H2,11,13). The van der Waals surface area contributed by atoms with Crippen LogP contribution >= 0.6 is 0 Å². The number of carbonyl (C=O) groups is 1. The summed E-state index contributed by atoms with van der Waals surface area (Å²) in [5, 5.41) is 0. The minimum atomic E-state index is -0.251. The van der Waals surface area contributed by atoms with Crippen LogP contribution < -0.4 is 5.73 Å². The van der Waals surface area contributed by atoms with Crippen LogP contribution in [-0.4, -0.2) is 23.9 Å². The van der Waals surface area contributed by atoms with Crippen molar-refractivity contribution >= 4 is 5.91 Å². The maximum Gasteiger partial charge on any atom is 0.248 e. The van der Waals surface area contributed by atoms with Gasteiger partial charge in [-0.15, -0.1) is 0 Å². The summed E-state index contributed by atoms with van der Waals surface area (Å²) in [6.45, 7) is 2.29. The second kappa shape index (κ2) is 2.16. The van der Waals surface area contributed by atoms with Crippen molar-refractivity contribution in [1.82, 2.24) is 4.90 Å². The van der Waals surface area contributed by atoms with Gasteiger partial charge in [0.25, 0.3) is 0 Å². The average molecular weight is 176 g/mol. The fourth-order valence-electron chi connectivity index (χ4n) is 2.80. The topological polar surface area (TPSA) is 46.3 Å². The maximum absolute atomic E-state index is 11.1. The average Bonchev–Trinajstić information content (AvgIpc) is 2.76. The van der Waals surface area contributed by atoms with Crippen molar-refractivity contribution in [2.75, 3.05) is 13.1 Å². The summed E-state index contributed by atoms with van der Waals surface area (Å²) >= 11 is 0. The minimum Gasteiger partial charge on any atom is -0.374 e. The molecule has 0 saturated carbocycles. The van der Waals surface area contributed by atoms with Gasteiger partial charge in [0.1, 0.15) is 0 Å². The molecule has 3 nitrogen and oxygen atoms in total. The van der Waals surface area contributed by atoms with Crippen LogP contribution in [0.2, 0.25) is 0 Å². The molecule has 2 N–H and O–H groups in total. The smallest absolute Gasteiger partial charge is 0.248 e. The lowest BCUT2D eigenvalue weighted by atomic mass is 9.93. The Balaban J connectivity index is 2.05. The molecule has 0 aromatic carbocycles. The van der Waals surface area contributed by atoms with E-state index >= 15 is 0 Å². The quantitative estimate of drug-likeness (QED) is 0.628. The van der Waals surface area contributed by atoms with Crippen LogP contribution in [0, 0.1) is 5.92 Å². The van der Waals surface area contributed by atoms with Gasteiger partial charge in [-0.05, 0) is 12.0 Å². The van der Waals surface area contributed by atoms with E-state index in [1.54, 1.807) is 0 Å². The second-order valence-corrected chi connectivity index (χ2v) is 3.98. The number of allylic oxidation sites excluding steroid dienone is 1. The van der Waals surface area contributed by atoms with E-state index in [9.17, 15) is 4.79 Å². The minimum absolute atomic E-state index is 0.251. The van der Waals surface area contributed by atoms with E-state index in [1.807, 2.05) is 6.08 Å². The summed E-state index contributed by atoms with van der Waals surface area (Å²) < 4.78 is 0. The molecule has 1 amide bonds. The summed E-state index contributed by atoms with van der Waals surface area (Å²) in [7, 11) is 0. The molecule has 2 heterocycles. The third-order valence-corrected chi connectivity index (χ3v) is 3.34. The van der Waals surface area contributed by atoms with E-state index in [0.717, 1.165) is 18.5 Å². The van der Waals surface area contributed by atoms with Gasteiger partial charge in [0.05, 0.1) is 0 Å². The lowest BCUT2D eigenvalue weighted by molar-refractivity contribution is -0.114. The van der Waals surface area contributed by atoms with Crippen molar-refractivity contribution in [3.63, 3.8) is 0 Å². The Kier molecular flexibility index (Phi) is 1.19. The van der Waals surface area contributed by atoms with Crippen molar-refractivity contribution in [1.29, 1.82) is 0 Å². The molecule has 2 bridgehead atoms. The molecule has 0 aromatic rings. The van der Waals surface area contributed by atoms with Gasteiger partial charge >= 0.3 is 0 Å². The first kappa shape index (κ1) is 7.18. The van der Waals surface area contributed by atoms with Crippen LogP contribution in [0.15, 0.2) is 22.9 Å². The predicted octanol–water partition coefficient (Wildman–Crippen LogP) is 0.391. The van der Waals surface area contributed by atoms with Crippen LogP contribution in [0.4, 0.5) is 0 Å². The van der Waals surface area contributed by atoms with Crippen LogP contribution in [0.1, 0.15) is 12.8 Å². The van der Waals surface area contributed by atoms with E-state index in [0.29, 0.717) is 5.92 Å². The summed E-state index contributed by atoms with van der Waals surface area (Å²) in [6, 6.07) is 0. The van der Waals surface area contributed by atoms with E-state index in [1.165, 1.54) is 24.2 Å². The van der Waals surface area contributed by atoms with Gasteiger partial charge in [0.15, 0.2) is 0 Å². The van der Waals surface area contributed by atoms with Gasteiger partial charge in [-0.3, -0.25) is 4.79 Å². The highest BCUT2D eigenvalue weighted by Crippen LogP contribution is 2.45. The van der Waals surface area contributed by atoms with E-state index < -0.39 is 0 Å². The largest absolute Gasteiger partial charge is 0.374 e. The molecule has 3 rings (SSSR count). The highest BCUT2D eigenvalue weighted by atomic mass is 16.1. The number of hydrogen-bond donors (Lipinski definition) is 1. The summed E-state index contributed by atoms with van der Waals surface area (Å²) in [5.74, 6) is 0.343. The van der Waals surface area contributed by atoms with E-state index in [2.05, 4.69) is 4.90 Å². The van der Waals surface area contributed by atoms with Crippen molar-refractivity contribution in [2.45, 2.75) is 12.8 Å². The van der Waals surface area contributed by atoms with Crippen molar-refractivity contribution in [2.24, 2.45) is 11.7 Å². The van der Waals surface area contributed by atoms with Gasteiger partial charge in [-0.1, -0.05) is 6.08 Å². The zero-order valence-corrected chi connectivity index (χ0v) is 7.42. The van der Waals surface area contributed by atoms with Crippen molar-refractivity contribution in [3.05, 3.63) is 22.9 Å². The molecule has 0 radical (unpaired) electrons. The molecule has 13 heavy (non-hydrogen) atoms.